The molecule has 0 bridgehead atoms. The first-order valence-electron chi connectivity index (χ1n) is 8.39. The lowest BCUT2D eigenvalue weighted by Gasteiger charge is -2.09. The van der Waals surface area contributed by atoms with Gasteiger partial charge < -0.3 is 4.74 Å². The zero-order valence-electron chi connectivity index (χ0n) is 14.3. The van der Waals surface area contributed by atoms with Crippen LogP contribution in [0.2, 0.25) is 0 Å². The minimum Gasteiger partial charge on any atom is -0.488 e. The summed E-state index contributed by atoms with van der Waals surface area (Å²) < 4.78 is 8.15. The summed E-state index contributed by atoms with van der Waals surface area (Å²) in [5, 5.41) is 5.09. The third-order valence-corrected chi connectivity index (χ3v) is 5.35. The van der Waals surface area contributed by atoms with Crippen LogP contribution in [-0.2, 0) is 6.61 Å². The highest BCUT2D eigenvalue weighted by atomic mass is 79.9. The Kier molecular flexibility index (Phi) is 5.46. The Bertz CT molecular complexity index is 1040. The lowest BCUT2D eigenvalue weighted by Crippen LogP contribution is -1.99. The van der Waals surface area contributed by atoms with Gasteiger partial charge in [0.2, 0.25) is 5.13 Å². The second-order valence-electron chi connectivity index (χ2n) is 5.81. The number of hydrogen-bond donors (Lipinski definition) is 1. The standard InChI is InChI=1S/C21H16BrN3OS/c22-17-11-9-15(10-12-17)14-26-19-7-3-1-5-16(19)13-23-25-21-24-18-6-2-4-8-20(18)27-21/h1-13H,14H2,(H,24,25). The number of benzene rings is 3. The van der Waals surface area contributed by atoms with E-state index in [0.29, 0.717) is 6.61 Å². The van der Waals surface area contributed by atoms with E-state index in [1.54, 1.807) is 17.6 Å². The van der Waals surface area contributed by atoms with E-state index in [1.165, 1.54) is 0 Å². The van der Waals surface area contributed by atoms with Crippen molar-refractivity contribution in [2.75, 3.05) is 5.43 Å². The van der Waals surface area contributed by atoms with Crippen LogP contribution in [-0.4, -0.2) is 11.2 Å². The first kappa shape index (κ1) is 17.7. The molecule has 0 atom stereocenters. The average molecular weight is 438 g/mol. The number of para-hydroxylation sites is 2. The summed E-state index contributed by atoms with van der Waals surface area (Å²) in [6, 6.07) is 24.0. The molecule has 1 N–H and O–H groups in total. The molecule has 0 saturated carbocycles. The molecule has 0 radical (unpaired) electrons. The number of nitrogens with one attached hydrogen (secondary N) is 1. The van der Waals surface area contributed by atoms with E-state index in [0.717, 1.165) is 36.7 Å². The summed E-state index contributed by atoms with van der Waals surface area (Å²) in [6.07, 6.45) is 1.75. The predicted molar refractivity (Wildman–Crippen MR) is 116 cm³/mol. The molecule has 4 nitrogen and oxygen atoms in total. The van der Waals surface area contributed by atoms with Crippen LogP contribution in [0.1, 0.15) is 11.1 Å². The lowest BCUT2D eigenvalue weighted by molar-refractivity contribution is 0.306. The van der Waals surface area contributed by atoms with Crippen molar-refractivity contribution in [3.05, 3.63) is 88.4 Å². The number of rotatable bonds is 6. The lowest BCUT2D eigenvalue weighted by atomic mass is 10.2. The minimum absolute atomic E-state index is 0.503. The second-order valence-corrected chi connectivity index (χ2v) is 7.76. The Morgan fingerprint density at radius 2 is 1.78 bits per heavy atom. The van der Waals surface area contributed by atoms with Crippen LogP contribution in [0.25, 0.3) is 10.2 Å². The molecule has 0 spiro atoms. The number of hydrogen-bond acceptors (Lipinski definition) is 5. The van der Waals surface area contributed by atoms with Crippen molar-refractivity contribution < 1.29 is 4.74 Å². The molecule has 134 valence electrons. The van der Waals surface area contributed by atoms with Crippen LogP contribution in [0.3, 0.4) is 0 Å². The van der Waals surface area contributed by atoms with E-state index in [9.17, 15) is 0 Å². The predicted octanol–water partition coefficient (Wildman–Crippen LogP) is 6.08. The van der Waals surface area contributed by atoms with Crippen molar-refractivity contribution in [2.24, 2.45) is 5.10 Å². The first-order valence-corrected chi connectivity index (χ1v) is 10.00. The molecule has 1 heterocycles. The van der Waals surface area contributed by atoms with Gasteiger partial charge in [0.25, 0.3) is 0 Å². The molecule has 4 aromatic rings. The number of thiazole rings is 1. The van der Waals surface area contributed by atoms with E-state index in [4.69, 9.17) is 4.74 Å². The Hall–Kier alpha value is -2.70. The summed E-state index contributed by atoms with van der Waals surface area (Å²) in [6.45, 7) is 0.503. The van der Waals surface area contributed by atoms with Gasteiger partial charge in [-0.3, -0.25) is 5.43 Å². The molecule has 0 fully saturated rings. The minimum atomic E-state index is 0.503. The highest BCUT2D eigenvalue weighted by Gasteiger charge is 2.03. The van der Waals surface area contributed by atoms with Gasteiger partial charge in [0.05, 0.1) is 16.4 Å². The Balaban J connectivity index is 1.43. The third-order valence-electron chi connectivity index (χ3n) is 3.88. The molecule has 27 heavy (non-hydrogen) atoms. The molecule has 0 aliphatic rings. The van der Waals surface area contributed by atoms with Crippen molar-refractivity contribution in [1.29, 1.82) is 0 Å². The number of aromatic nitrogens is 1. The first-order chi connectivity index (χ1) is 13.3. The Morgan fingerprint density at radius 1 is 1.00 bits per heavy atom. The number of halogens is 1. The van der Waals surface area contributed by atoms with Crippen molar-refractivity contribution in [3.8, 4) is 5.75 Å². The van der Waals surface area contributed by atoms with Crippen LogP contribution in [0.4, 0.5) is 5.13 Å². The molecule has 0 amide bonds. The smallest absolute Gasteiger partial charge is 0.204 e. The maximum absolute atomic E-state index is 5.97. The van der Waals surface area contributed by atoms with Crippen molar-refractivity contribution in [2.45, 2.75) is 6.61 Å². The van der Waals surface area contributed by atoms with Gasteiger partial charge in [-0.1, -0.05) is 63.7 Å². The highest BCUT2D eigenvalue weighted by molar-refractivity contribution is 9.10. The van der Waals surface area contributed by atoms with Gasteiger partial charge in [-0.05, 0) is 42.0 Å². The zero-order valence-corrected chi connectivity index (χ0v) is 16.7. The number of nitrogens with zero attached hydrogens (tertiary/aromatic N) is 2. The maximum atomic E-state index is 5.97. The topological polar surface area (TPSA) is 46.5 Å². The number of ether oxygens (including phenoxy) is 1. The van der Waals surface area contributed by atoms with Crippen LogP contribution in [0.5, 0.6) is 5.75 Å². The quantitative estimate of drug-likeness (QED) is 0.293. The molecular formula is C21H16BrN3OS. The van der Waals surface area contributed by atoms with Crippen molar-refractivity contribution >= 4 is 48.8 Å². The maximum Gasteiger partial charge on any atom is 0.204 e. The normalized spacial score (nSPS) is 11.1. The summed E-state index contributed by atoms with van der Waals surface area (Å²) >= 11 is 5.02. The summed E-state index contributed by atoms with van der Waals surface area (Å²) in [5.41, 5.74) is 5.99. The second kappa shape index (κ2) is 8.33. The Morgan fingerprint density at radius 3 is 2.63 bits per heavy atom. The van der Waals surface area contributed by atoms with E-state index in [1.807, 2.05) is 72.8 Å². The number of hydrazone groups is 1. The fraction of sp³-hybridized carbons (Fsp3) is 0.0476. The van der Waals surface area contributed by atoms with Crippen molar-refractivity contribution in [1.82, 2.24) is 4.98 Å². The number of fused-ring (bicyclic) bond motifs is 1. The summed E-state index contributed by atoms with van der Waals surface area (Å²) in [5.74, 6) is 0.787. The van der Waals surface area contributed by atoms with Crippen LogP contribution in [0.15, 0.2) is 82.4 Å². The van der Waals surface area contributed by atoms with Gasteiger partial charge in [0.1, 0.15) is 12.4 Å². The van der Waals surface area contributed by atoms with Gasteiger partial charge in [-0.25, -0.2) is 4.98 Å². The van der Waals surface area contributed by atoms with Gasteiger partial charge in [0, 0.05) is 10.0 Å². The molecule has 0 aliphatic carbocycles. The molecule has 3 aromatic carbocycles. The molecule has 4 rings (SSSR count). The van der Waals surface area contributed by atoms with Gasteiger partial charge in [0.15, 0.2) is 0 Å². The monoisotopic (exact) mass is 437 g/mol. The van der Waals surface area contributed by atoms with Crippen LogP contribution in [0, 0.1) is 0 Å². The molecule has 0 saturated heterocycles. The van der Waals surface area contributed by atoms with E-state index in [-0.39, 0.29) is 0 Å². The van der Waals surface area contributed by atoms with Gasteiger partial charge in [-0.15, -0.1) is 0 Å². The van der Waals surface area contributed by atoms with Crippen molar-refractivity contribution in [3.63, 3.8) is 0 Å². The van der Waals surface area contributed by atoms with Crippen LogP contribution >= 0.6 is 27.3 Å². The largest absolute Gasteiger partial charge is 0.488 e. The Labute approximate surface area is 169 Å². The fourth-order valence-corrected chi connectivity index (χ4v) is 3.62. The van der Waals surface area contributed by atoms with E-state index in [2.05, 4.69) is 31.4 Å². The fourth-order valence-electron chi connectivity index (χ4n) is 2.54. The van der Waals surface area contributed by atoms with Gasteiger partial charge in [-0.2, -0.15) is 5.10 Å². The molecular weight excluding hydrogens is 422 g/mol. The summed E-state index contributed by atoms with van der Waals surface area (Å²) in [4.78, 5) is 4.51. The van der Waals surface area contributed by atoms with E-state index >= 15 is 0 Å². The molecule has 0 aliphatic heterocycles. The van der Waals surface area contributed by atoms with Crippen LogP contribution < -0.4 is 10.2 Å². The number of anilines is 1. The third kappa shape index (κ3) is 4.53. The van der Waals surface area contributed by atoms with E-state index < -0.39 is 0 Å². The van der Waals surface area contributed by atoms with Gasteiger partial charge >= 0.3 is 0 Å². The highest BCUT2D eigenvalue weighted by Crippen LogP contribution is 2.25. The summed E-state index contributed by atoms with van der Waals surface area (Å²) in [7, 11) is 0. The molecule has 1 aromatic heterocycles. The zero-order chi connectivity index (χ0) is 18.5. The average Bonchev–Trinajstić information content (AvgIpc) is 3.11. The molecule has 6 heteroatoms. The molecule has 0 unspecified atom stereocenters. The SMILES string of the molecule is Brc1ccc(COc2ccccc2C=NNc2nc3ccccc3s2)cc1.